The fourth-order valence-corrected chi connectivity index (χ4v) is 1.44. The molecular formula is C9H8S. The summed E-state index contributed by atoms with van der Waals surface area (Å²) in [7, 11) is 0. The normalized spacial score (nSPS) is 29.8. The first-order chi connectivity index (χ1) is 6.61. The lowest BCUT2D eigenvalue weighted by Crippen LogP contribution is -1.84. The number of thioether (sulfide) groups is 1. The van der Waals surface area contributed by atoms with Gasteiger partial charge in [-0.1, -0.05) is 30.3 Å². The van der Waals surface area contributed by atoms with Crippen LogP contribution in [0.2, 0.25) is 0 Å². The minimum Gasteiger partial charge on any atom is -0.121 e. The summed E-state index contributed by atoms with van der Waals surface area (Å²) in [5.74, 6) is 0. The van der Waals surface area contributed by atoms with E-state index in [1.54, 1.807) is 18.2 Å². The van der Waals surface area contributed by atoms with E-state index < -0.39 is 5.73 Å². The molecule has 0 fully saturated rings. The largest absolute Gasteiger partial charge is 0.121 e. The summed E-state index contributed by atoms with van der Waals surface area (Å²) in [5.41, 5.74) is -0.234. The van der Waals surface area contributed by atoms with E-state index in [0.29, 0.717) is 5.56 Å². The first-order valence-corrected chi connectivity index (χ1v) is 3.85. The van der Waals surface area contributed by atoms with Gasteiger partial charge in [0.25, 0.3) is 0 Å². The number of benzene rings is 1. The van der Waals surface area contributed by atoms with Gasteiger partial charge < -0.3 is 0 Å². The summed E-state index contributed by atoms with van der Waals surface area (Å²) in [4.78, 5) is 0.763. The van der Waals surface area contributed by atoms with Crippen molar-refractivity contribution in [2.45, 2.75) is 4.90 Å². The van der Waals surface area contributed by atoms with Crippen molar-refractivity contribution in [3.05, 3.63) is 35.9 Å². The molecule has 1 heterocycles. The molecule has 0 spiro atoms. The van der Waals surface area contributed by atoms with E-state index >= 15 is 0 Å². The third-order valence-corrected chi connectivity index (χ3v) is 2.09. The number of hydrogen-bond acceptors (Lipinski definition) is 1. The van der Waals surface area contributed by atoms with Gasteiger partial charge in [0.2, 0.25) is 0 Å². The van der Waals surface area contributed by atoms with E-state index in [0.717, 1.165) is 4.90 Å². The van der Waals surface area contributed by atoms with Crippen LogP contribution >= 0.6 is 11.8 Å². The van der Waals surface area contributed by atoms with Crippen molar-refractivity contribution in [1.82, 2.24) is 0 Å². The van der Waals surface area contributed by atoms with E-state index in [1.165, 1.54) is 11.8 Å². The fraction of sp³-hybridized carbons (Fsp3) is 0.111. The zero-order valence-electron chi connectivity index (χ0n) is 9.22. The van der Waals surface area contributed by atoms with Crippen LogP contribution in [0.1, 0.15) is 11.0 Å². The SMILES string of the molecule is [2H]C1=C([2H])[C@H]([2H])Sc2cccc([2H])c21. The Bertz CT molecular complexity index is 413. The second-order valence-corrected chi connectivity index (χ2v) is 2.83. The second-order valence-electron chi connectivity index (χ2n) is 1.91. The lowest BCUT2D eigenvalue weighted by Gasteiger charge is -2.07. The van der Waals surface area contributed by atoms with Gasteiger partial charge in [0.1, 0.15) is 0 Å². The first kappa shape index (κ1) is 3.14. The summed E-state index contributed by atoms with van der Waals surface area (Å²) in [5, 5.41) is 0. The summed E-state index contributed by atoms with van der Waals surface area (Å²) in [6, 6.07) is 5.40. The van der Waals surface area contributed by atoms with Crippen molar-refractivity contribution in [2.75, 3.05) is 5.73 Å². The minimum absolute atomic E-state index is 0.0119. The molecule has 1 aliphatic rings. The van der Waals surface area contributed by atoms with Crippen molar-refractivity contribution >= 4 is 17.8 Å². The zero-order valence-corrected chi connectivity index (χ0v) is 6.03. The predicted molar refractivity (Wildman–Crippen MR) is 46.2 cm³/mol. The van der Waals surface area contributed by atoms with Crippen LogP contribution in [-0.2, 0) is 0 Å². The molecular weight excluding hydrogens is 140 g/mol. The third-order valence-electron chi connectivity index (χ3n) is 1.26. The molecule has 1 aliphatic heterocycles. The molecule has 1 atom stereocenters. The molecule has 1 heteroatoms. The van der Waals surface area contributed by atoms with Crippen LogP contribution in [0.15, 0.2) is 35.2 Å². The van der Waals surface area contributed by atoms with E-state index in [1.807, 2.05) is 0 Å². The molecule has 0 radical (unpaired) electrons. The van der Waals surface area contributed by atoms with Gasteiger partial charge in [0, 0.05) is 12.0 Å². The third kappa shape index (κ3) is 0.971. The van der Waals surface area contributed by atoms with Crippen molar-refractivity contribution in [1.29, 1.82) is 0 Å². The molecule has 0 aliphatic carbocycles. The Labute approximate surface area is 70.6 Å². The molecule has 0 amide bonds. The van der Waals surface area contributed by atoms with Crippen LogP contribution in [0, 0.1) is 0 Å². The zero-order chi connectivity index (χ0) is 10.3. The van der Waals surface area contributed by atoms with Crippen LogP contribution in [0.3, 0.4) is 0 Å². The molecule has 0 aromatic heterocycles. The molecule has 0 saturated heterocycles. The van der Waals surface area contributed by atoms with E-state index in [2.05, 4.69) is 0 Å². The van der Waals surface area contributed by atoms with Gasteiger partial charge in [0.15, 0.2) is 0 Å². The van der Waals surface area contributed by atoms with Crippen LogP contribution in [-0.4, -0.2) is 5.73 Å². The van der Waals surface area contributed by atoms with Crippen molar-refractivity contribution < 1.29 is 5.48 Å². The van der Waals surface area contributed by atoms with E-state index in [-0.39, 0.29) is 18.1 Å². The Morgan fingerprint density at radius 1 is 1.60 bits per heavy atom. The summed E-state index contributed by atoms with van der Waals surface area (Å²) >= 11 is 1.22. The van der Waals surface area contributed by atoms with Gasteiger partial charge in [-0.05, 0) is 11.6 Å². The average molecular weight is 152 g/mol. The van der Waals surface area contributed by atoms with Crippen LogP contribution in [0.5, 0.6) is 0 Å². The standard InChI is InChI=1S/C9H8S/c1-2-6-9-8(4-1)5-3-7-10-9/h1-6H,7H2/i3D,4D,5D,7D/t7-/m0/s1. The highest BCUT2D eigenvalue weighted by molar-refractivity contribution is 7.99. The Hall–Kier alpha value is -0.690. The molecule has 2 rings (SSSR count). The van der Waals surface area contributed by atoms with E-state index in [9.17, 15) is 0 Å². The van der Waals surface area contributed by atoms with Crippen LogP contribution < -0.4 is 0 Å². The highest BCUT2D eigenvalue weighted by Crippen LogP contribution is 2.27. The molecule has 0 bridgehead atoms. The number of hydrogen-bond donors (Lipinski definition) is 0. The van der Waals surface area contributed by atoms with Gasteiger partial charge in [0.05, 0.1) is 4.11 Å². The monoisotopic (exact) mass is 152 g/mol. The van der Waals surface area contributed by atoms with Crippen molar-refractivity contribution in [3.63, 3.8) is 0 Å². The maximum Gasteiger partial charge on any atom is 0.0629 e. The van der Waals surface area contributed by atoms with Crippen LogP contribution in [0.4, 0.5) is 0 Å². The Kier molecular flexibility index (Phi) is 0.787. The van der Waals surface area contributed by atoms with Gasteiger partial charge in [-0.25, -0.2) is 0 Å². The molecule has 1 aromatic rings. The second kappa shape index (κ2) is 2.51. The highest BCUT2D eigenvalue weighted by Gasteiger charge is 2.00. The summed E-state index contributed by atoms with van der Waals surface area (Å²) < 4.78 is 30.4. The van der Waals surface area contributed by atoms with Crippen molar-refractivity contribution in [2.24, 2.45) is 0 Å². The smallest absolute Gasteiger partial charge is 0.0629 e. The van der Waals surface area contributed by atoms with E-state index in [4.69, 9.17) is 5.48 Å². The number of fused-ring (bicyclic) bond motifs is 1. The van der Waals surface area contributed by atoms with Crippen molar-refractivity contribution in [3.8, 4) is 0 Å². The predicted octanol–water partition coefficient (Wildman–Crippen LogP) is 2.81. The minimum atomic E-state index is -0.725. The molecule has 50 valence electrons. The maximum absolute atomic E-state index is 7.67. The summed E-state index contributed by atoms with van der Waals surface area (Å²) in [6.45, 7) is 0. The Morgan fingerprint density at radius 2 is 2.60 bits per heavy atom. The lowest BCUT2D eigenvalue weighted by molar-refractivity contribution is 1.40. The Balaban J connectivity index is 2.67. The van der Waals surface area contributed by atoms with Gasteiger partial charge in [-0.2, -0.15) is 0 Å². The summed E-state index contributed by atoms with van der Waals surface area (Å²) in [6.07, 6.45) is 0. The topological polar surface area (TPSA) is 0 Å². The quantitative estimate of drug-likeness (QED) is 0.551. The van der Waals surface area contributed by atoms with Crippen LogP contribution in [0.25, 0.3) is 6.05 Å². The van der Waals surface area contributed by atoms with Gasteiger partial charge >= 0.3 is 0 Å². The molecule has 0 nitrogen and oxygen atoms in total. The molecule has 0 saturated carbocycles. The molecule has 10 heavy (non-hydrogen) atoms. The number of rotatable bonds is 0. The molecule has 0 unspecified atom stereocenters. The van der Waals surface area contributed by atoms with Gasteiger partial charge in [-0.3, -0.25) is 0 Å². The lowest BCUT2D eigenvalue weighted by atomic mass is 10.2. The molecule has 0 N–H and O–H groups in total. The Morgan fingerprint density at radius 3 is 3.60 bits per heavy atom. The fourth-order valence-electron chi connectivity index (χ4n) is 0.812. The first-order valence-electron chi connectivity index (χ1n) is 5.05. The highest BCUT2D eigenvalue weighted by atomic mass is 32.2. The maximum atomic E-state index is 7.67. The molecule has 1 aromatic carbocycles. The van der Waals surface area contributed by atoms with Gasteiger partial charge in [-0.15, -0.1) is 11.8 Å². The average Bonchev–Trinajstić information content (AvgIpc) is 2.14.